The molecule has 1 rings (SSSR count). The van der Waals surface area contributed by atoms with Crippen LogP contribution < -0.4 is 11.3 Å². The number of rotatable bonds is 8. The van der Waals surface area contributed by atoms with Crippen LogP contribution in [-0.4, -0.2) is 6.04 Å². The molecule has 0 spiro atoms. The average Bonchev–Trinajstić information content (AvgIpc) is 2.38. The van der Waals surface area contributed by atoms with Crippen molar-refractivity contribution in [2.24, 2.45) is 11.8 Å². The highest BCUT2D eigenvalue weighted by molar-refractivity contribution is 5.22. The summed E-state index contributed by atoms with van der Waals surface area (Å²) in [5.41, 5.74) is 5.73. The lowest BCUT2D eigenvalue weighted by atomic mass is 9.87. The van der Waals surface area contributed by atoms with Gasteiger partial charge in [0.1, 0.15) is 0 Å². The van der Waals surface area contributed by atoms with Crippen LogP contribution in [0.25, 0.3) is 0 Å². The van der Waals surface area contributed by atoms with Crippen LogP contribution in [0.3, 0.4) is 0 Å². The molecule has 0 amide bonds. The van der Waals surface area contributed by atoms with Crippen LogP contribution >= 0.6 is 0 Å². The van der Waals surface area contributed by atoms with Gasteiger partial charge < -0.3 is 0 Å². The molecule has 18 heavy (non-hydrogen) atoms. The Bertz CT molecular complexity index is 312. The quantitative estimate of drug-likeness (QED) is 0.545. The highest BCUT2D eigenvalue weighted by Crippen LogP contribution is 2.20. The van der Waals surface area contributed by atoms with Crippen molar-refractivity contribution in [3.63, 3.8) is 0 Å². The average molecular weight is 248 g/mol. The van der Waals surface area contributed by atoms with Crippen LogP contribution in [-0.2, 0) is 6.42 Å². The first-order chi connectivity index (χ1) is 8.71. The number of benzene rings is 1. The van der Waals surface area contributed by atoms with Crippen LogP contribution in [0.5, 0.6) is 0 Å². The summed E-state index contributed by atoms with van der Waals surface area (Å²) in [5.74, 6) is 6.45. The second-order valence-electron chi connectivity index (χ2n) is 5.30. The van der Waals surface area contributed by atoms with Gasteiger partial charge in [-0.1, -0.05) is 56.5 Å². The standard InChI is InChI=1S/C16H28N2/c1-4-6-15(7-5-2)16(18-17)12-14-10-8-13(3)9-11-14/h8-11,15-16,18H,4-7,12,17H2,1-3H3. The second kappa shape index (κ2) is 8.28. The van der Waals surface area contributed by atoms with Crippen molar-refractivity contribution < 1.29 is 0 Å². The Kier molecular flexibility index (Phi) is 6.99. The van der Waals surface area contributed by atoms with Gasteiger partial charge in [0.2, 0.25) is 0 Å². The molecular weight excluding hydrogens is 220 g/mol. The summed E-state index contributed by atoms with van der Waals surface area (Å²) < 4.78 is 0. The van der Waals surface area contributed by atoms with E-state index in [-0.39, 0.29) is 0 Å². The van der Waals surface area contributed by atoms with Crippen LogP contribution in [0.4, 0.5) is 0 Å². The highest BCUT2D eigenvalue weighted by Gasteiger charge is 2.19. The molecule has 1 atom stereocenters. The van der Waals surface area contributed by atoms with Gasteiger partial charge in [-0.15, -0.1) is 0 Å². The molecule has 0 bridgehead atoms. The van der Waals surface area contributed by atoms with Gasteiger partial charge in [-0.2, -0.15) is 0 Å². The van der Waals surface area contributed by atoms with Crippen molar-refractivity contribution in [3.05, 3.63) is 35.4 Å². The normalized spacial score (nSPS) is 12.9. The molecular formula is C16H28N2. The van der Waals surface area contributed by atoms with E-state index in [1.54, 1.807) is 0 Å². The highest BCUT2D eigenvalue weighted by atomic mass is 15.2. The van der Waals surface area contributed by atoms with Gasteiger partial charge in [-0.05, 0) is 37.7 Å². The minimum Gasteiger partial charge on any atom is -0.271 e. The summed E-state index contributed by atoms with van der Waals surface area (Å²) >= 11 is 0. The summed E-state index contributed by atoms with van der Waals surface area (Å²) in [7, 11) is 0. The van der Waals surface area contributed by atoms with Crippen LogP contribution in [0.1, 0.15) is 50.7 Å². The van der Waals surface area contributed by atoms with E-state index in [0.717, 1.165) is 6.42 Å². The van der Waals surface area contributed by atoms with E-state index >= 15 is 0 Å². The Morgan fingerprint density at radius 2 is 1.61 bits per heavy atom. The molecule has 0 radical (unpaired) electrons. The summed E-state index contributed by atoms with van der Waals surface area (Å²) in [6.07, 6.45) is 6.01. The fourth-order valence-electron chi connectivity index (χ4n) is 2.63. The second-order valence-corrected chi connectivity index (χ2v) is 5.30. The van der Waals surface area contributed by atoms with Crippen molar-refractivity contribution in [1.29, 1.82) is 0 Å². The first-order valence-electron chi connectivity index (χ1n) is 7.22. The van der Waals surface area contributed by atoms with Crippen molar-refractivity contribution in [2.75, 3.05) is 0 Å². The van der Waals surface area contributed by atoms with Gasteiger partial charge in [0.15, 0.2) is 0 Å². The molecule has 0 aromatic heterocycles. The number of aryl methyl sites for hydroxylation is 1. The molecule has 2 nitrogen and oxygen atoms in total. The van der Waals surface area contributed by atoms with Crippen molar-refractivity contribution in [1.82, 2.24) is 5.43 Å². The zero-order valence-electron chi connectivity index (χ0n) is 12.1. The van der Waals surface area contributed by atoms with Crippen molar-refractivity contribution in [3.8, 4) is 0 Å². The Labute approximate surface area is 112 Å². The first-order valence-corrected chi connectivity index (χ1v) is 7.22. The number of hydrazine groups is 1. The van der Waals surface area contributed by atoms with Crippen molar-refractivity contribution >= 4 is 0 Å². The lowest BCUT2D eigenvalue weighted by molar-refractivity contribution is 0.311. The van der Waals surface area contributed by atoms with Gasteiger partial charge >= 0.3 is 0 Å². The number of nitrogens with two attached hydrogens (primary N) is 1. The maximum absolute atomic E-state index is 5.76. The van der Waals surface area contributed by atoms with Gasteiger partial charge in [0, 0.05) is 6.04 Å². The maximum atomic E-state index is 5.76. The van der Waals surface area contributed by atoms with Gasteiger partial charge in [-0.25, -0.2) is 0 Å². The van der Waals surface area contributed by atoms with Gasteiger partial charge in [0.25, 0.3) is 0 Å². The minimum atomic E-state index is 0.396. The summed E-state index contributed by atoms with van der Waals surface area (Å²) in [6, 6.07) is 9.19. The van der Waals surface area contributed by atoms with Crippen LogP contribution in [0.2, 0.25) is 0 Å². The molecule has 1 aromatic rings. The molecule has 0 saturated heterocycles. The minimum absolute atomic E-state index is 0.396. The van der Waals surface area contributed by atoms with E-state index in [1.807, 2.05) is 0 Å². The summed E-state index contributed by atoms with van der Waals surface area (Å²) in [4.78, 5) is 0. The van der Waals surface area contributed by atoms with E-state index in [0.29, 0.717) is 12.0 Å². The fourth-order valence-corrected chi connectivity index (χ4v) is 2.63. The molecule has 3 N–H and O–H groups in total. The molecule has 0 aliphatic heterocycles. The third-order valence-electron chi connectivity index (χ3n) is 3.68. The van der Waals surface area contributed by atoms with E-state index < -0.39 is 0 Å². The molecule has 2 heteroatoms. The molecule has 1 aromatic carbocycles. The molecule has 0 aliphatic rings. The third kappa shape index (κ3) is 4.79. The van der Waals surface area contributed by atoms with Crippen molar-refractivity contribution in [2.45, 2.75) is 58.9 Å². The Morgan fingerprint density at radius 1 is 1.06 bits per heavy atom. The van der Waals surface area contributed by atoms with E-state index in [1.165, 1.54) is 36.8 Å². The molecule has 0 saturated carbocycles. The maximum Gasteiger partial charge on any atom is 0.0279 e. The van der Waals surface area contributed by atoms with Crippen LogP contribution in [0, 0.1) is 12.8 Å². The lowest BCUT2D eigenvalue weighted by Gasteiger charge is -2.26. The fraction of sp³-hybridized carbons (Fsp3) is 0.625. The molecule has 0 fully saturated rings. The summed E-state index contributed by atoms with van der Waals surface area (Å²) in [6.45, 7) is 6.63. The predicted molar refractivity (Wildman–Crippen MR) is 79.3 cm³/mol. The number of nitrogens with one attached hydrogen (secondary N) is 1. The SMILES string of the molecule is CCCC(CCC)C(Cc1ccc(C)cc1)NN. The topological polar surface area (TPSA) is 38.0 Å². The zero-order valence-corrected chi connectivity index (χ0v) is 12.1. The number of hydrogen-bond acceptors (Lipinski definition) is 2. The van der Waals surface area contributed by atoms with E-state index in [2.05, 4.69) is 50.5 Å². The molecule has 0 heterocycles. The lowest BCUT2D eigenvalue weighted by Crippen LogP contribution is -2.42. The van der Waals surface area contributed by atoms with E-state index in [4.69, 9.17) is 5.84 Å². The van der Waals surface area contributed by atoms with E-state index in [9.17, 15) is 0 Å². The Morgan fingerprint density at radius 3 is 2.06 bits per heavy atom. The smallest absolute Gasteiger partial charge is 0.0279 e. The molecule has 1 unspecified atom stereocenters. The first kappa shape index (κ1) is 15.2. The Hall–Kier alpha value is -0.860. The number of hydrogen-bond donors (Lipinski definition) is 2. The van der Waals surface area contributed by atoms with Gasteiger partial charge in [0.05, 0.1) is 0 Å². The van der Waals surface area contributed by atoms with Crippen LogP contribution in [0.15, 0.2) is 24.3 Å². The molecule has 102 valence electrons. The Balaban J connectivity index is 2.66. The third-order valence-corrected chi connectivity index (χ3v) is 3.68. The largest absolute Gasteiger partial charge is 0.271 e. The monoisotopic (exact) mass is 248 g/mol. The van der Waals surface area contributed by atoms with Gasteiger partial charge in [-0.3, -0.25) is 11.3 Å². The summed E-state index contributed by atoms with van der Waals surface area (Å²) in [5, 5.41) is 0. The predicted octanol–water partition coefficient (Wildman–Crippen LogP) is 3.59. The molecule has 0 aliphatic carbocycles. The zero-order chi connectivity index (χ0) is 13.4.